The van der Waals surface area contributed by atoms with Gasteiger partial charge in [0.25, 0.3) is 0 Å². The van der Waals surface area contributed by atoms with E-state index in [1.807, 2.05) is 73.7 Å². The van der Waals surface area contributed by atoms with Crippen LogP contribution in [-0.2, 0) is 20.1 Å². The first-order chi connectivity index (χ1) is 17.7. The molecule has 0 saturated carbocycles. The van der Waals surface area contributed by atoms with E-state index in [4.69, 9.17) is 9.40 Å². The number of thiophene rings is 1. The van der Waals surface area contributed by atoms with Gasteiger partial charge in [0.05, 0.1) is 15.8 Å². The number of aromatic nitrogens is 3. The molecule has 0 unspecified atom stereocenters. The van der Waals surface area contributed by atoms with Crippen LogP contribution in [0.5, 0.6) is 0 Å². The van der Waals surface area contributed by atoms with Crippen LogP contribution in [0.2, 0.25) is 0 Å². The first-order valence-corrected chi connectivity index (χ1v) is 12.4. The van der Waals surface area contributed by atoms with Gasteiger partial charge in [-0.25, -0.2) is 4.98 Å². The normalized spacial score (nSPS) is 10.8. The summed E-state index contributed by atoms with van der Waals surface area (Å²) in [5, 5.41) is 2.08. The fraction of sp³-hybridized carbons (Fsp3) is 0.0645. The van der Waals surface area contributed by atoms with E-state index in [2.05, 4.69) is 47.2 Å². The summed E-state index contributed by atoms with van der Waals surface area (Å²) in [5.41, 5.74) is 7.19. The Morgan fingerprint density at radius 3 is 2.49 bits per heavy atom. The van der Waals surface area contributed by atoms with E-state index in [0.717, 1.165) is 50.1 Å². The summed E-state index contributed by atoms with van der Waals surface area (Å²) < 4.78 is 7.26. The van der Waals surface area contributed by atoms with Crippen molar-refractivity contribution in [1.82, 2.24) is 15.0 Å². The van der Waals surface area contributed by atoms with E-state index >= 15 is 0 Å². The Balaban J connectivity index is 0.000000183. The van der Waals surface area contributed by atoms with E-state index in [1.165, 1.54) is 9.58 Å². The van der Waals surface area contributed by atoms with Crippen LogP contribution < -0.4 is 0 Å². The Bertz CT molecular complexity index is 1770. The predicted octanol–water partition coefficient (Wildman–Crippen LogP) is 8.22. The van der Waals surface area contributed by atoms with Crippen molar-refractivity contribution in [3.05, 3.63) is 114 Å². The Morgan fingerprint density at radius 2 is 1.68 bits per heavy atom. The molecule has 1 radical (unpaired) electrons. The number of aryl methyl sites for hydroxylation is 2. The van der Waals surface area contributed by atoms with Gasteiger partial charge in [0.1, 0.15) is 0 Å². The molecule has 37 heavy (non-hydrogen) atoms. The SMILES string of the molecule is Cc1ccc2c(n1)oc1c(-c3ccc4sc(C)cc4n3)[c-]ccc12.[Ir].[c-]1ccccc1-c1ccccn1. The Morgan fingerprint density at radius 1 is 0.784 bits per heavy atom. The molecule has 6 heteroatoms. The summed E-state index contributed by atoms with van der Waals surface area (Å²) in [4.78, 5) is 14.8. The summed E-state index contributed by atoms with van der Waals surface area (Å²) in [6.07, 6.45) is 1.79. The standard InChI is InChI=1S/C20H13N2OS.C11H8N.Ir/c1-11-6-7-14-13-4-3-5-15(19(13)23-20(14)21-11)16-8-9-18-17(22-16)10-12(2)24-18;1-2-6-10(7-3-1)11-8-4-5-9-12-11;/h3-4,6-10H,1-2H3;1-6,8-9H;/q2*-1;. The third-order valence-electron chi connectivity index (χ3n) is 5.84. The number of pyridine rings is 3. The van der Waals surface area contributed by atoms with Crippen molar-refractivity contribution in [1.29, 1.82) is 0 Å². The van der Waals surface area contributed by atoms with Crippen LogP contribution in [0.15, 0.2) is 95.5 Å². The molecular formula is C31H21IrN3OS-2. The van der Waals surface area contributed by atoms with Crippen LogP contribution in [0.4, 0.5) is 0 Å². The summed E-state index contributed by atoms with van der Waals surface area (Å²) in [5.74, 6) is 0. The van der Waals surface area contributed by atoms with Crippen LogP contribution >= 0.6 is 11.3 Å². The van der Waals surface area contributed by atoms with Crippen molar-refractivity contribution in [2.24, 2.45) is 0 Å². The van der Waals surface area contributed by atoms with Gasteiger partial charge >= 0.3 is 0 Å². The molecule has 0 N–H and O–H groups in total. The number of fused-ring (bicyclic) bond motifs is 4. The first-order valence-electron chi connectivity index (χ1n) is 11.6. The number of hydrogen-bond acceptors (Lipinski definition) is 5. The Kier molecular flexibility index (Phi) is 7.24. The number of rotatable bonds is 2. The van der Waals surface area contributed by atoms with E-state index < -0.39 is 0 Å². The minimum atomic E-state index is 0. The van der Waals surface area contributed by atoms with E-state index in [9.17, 15) is 0 Å². The molecule has 0 aliphatic heterocycles. The molecule has 7 rings (SSSR count). The zero-order valence-corrected chi connectivity index (χ0v) is 23.4. The molecule has 0 aliphatic carbocycles. The van der Waals surface area contributed by atoms with Crippen molar-refractivity contribution in [2.45, 2.75) is 13.8 Å². The molecule has 0 fully saturated rings. The quantitative estimate of drug-likeness (QED) is 0.173. The van der Waals surface area contributed by atoms with Crippen LogP contribution in [0.1, 0.15) is 10.6 Å². The maximum Gasteiger partial charge on any atom is 0.216 e. The summed E-state index contributed by atoms with van der Waals surface area (Å²) in [6, 6.07) is 34.4. The topological polar surface area (TPSA) is 51.8 Å². The molecule has 5 heterocycles. The number of nitrogens with zero attached hydrogens (tertiary/aromatic N) is 3. The molecule has 5 aromatic heterocycles. The third kappa shape index (κ3) is 5.09. The average molecular weight is 676 g/mol. The number of hydrogen-bond donors (Lipinski definition) is 0. The molecular weight excluding hydrogens is 655 g/mol. The van der Waals surface area contributed by atoms with Crippen molar-refractivity contribution in [3.63, 3.8) is 0 Å². The van der Waals surface area contributed by atoms with Gasteiger partial charge in [0.2, 0.25) is 5.71 Å². The van der Waals surface area contributed by atoms with Gasteiger partial charge in [-0.2, -0.15) is 0 Å². The molecule has 0 saturated heterocycles. The van der Waals surface area contributed by atoms with Crippen LogP contribution in [0, 0.1) is 26.0 Å². The molecule has 4 nitrogen and oxygen atoms in total. The summed E-state index contributed by atoms with van der Waals surface area (Å²) in [6.45, 7) is 4.07. The minimum absolute atomic E-state index is 0. The molecule has 0 amide bonds. The zero-order chi connectivity index (χ0) is 24.5. The Hall–Kier alpha value is -3.70. The molecule has 2 aromatic carbocycles. The van der Waals surface area contributed by atoms with Crippen molar-refractivity contribution in [2.75, 3.05) is 0 Å². The third-order valence-corrected chi connectivity index (χ3v) is 6.85. The van der Waals surface area contributed by atoms with Crippen LogP contribution in [0.3, 0.4) is 0 Å². The van der Waals surface area contributed by atoms with Crippen molar-refractivity contribution in [3.8, 4) is 22.5 Å². The second-order valence-corrected chi connectivity index (χ2v) is 9.72. The zero-order valence-electron chi connectivity index (χ0n) is 20.2. The van der Waals surface area contributed by atoms with Crippen molar-refractivity contribution < 1.29 is 24.5 Å². The second kappa shape index (κ2) is 10.7. The van der Waals surface area contributed by atoms with Gasteiger partial charge in [-0.15, -0.1) is 65.4 Å². The fourth-order valence-corrected chi connectivity index (χ4v) is 5.03. The van der Waals surface area contributed by atoms with Crippen molar-refractivity contribution >= 4 is 43.6 Å². The summed E-state index contributed by atoms with van der Waals surface area (Å²) in [7, 11) is 0. The van der Waals surface area contributed by atoms with Crippen LogP contribution in [0.25, 0.3) is 54.8 Å². The average Bonchev–Trinajstić information content (AvgIpc) is 3.48. The molecule has 183 valence electrons. The van der Waals surface area contributed by atoms with Gasteiger partial charge in [-0.05, 0) is 55.6 Å². The molecule has 0 atom stereocenters. The number of furan rings is 1. The fourth-order valence-electron chi connectivity index (χ4n) is 4.17. The first kappa shape index (κ1) is 25.0. The maximum atomic E-state index is 6.06. The molecule has 0 bridgehead atoms. The van der Waals surface area contributed by atoms with Gasteiger partial charge in [-0.3, -0.25) is 4.98 Å². The van der Waals surface area contributed by atoms with Crippen LogP contribution in [-0.4, -0.2) is 15.0 Å². The predicted molar refractivity (Wildman–Crippen MR) is 147 cm³/mol. The van der Waals surface area contributed by atoms with Gasteiger partial charge in [-0.1, -0.05) is 29.1 Å². The van der Waals surface area contributed by atoms with Gasteiger partial charge in [0.15, 0.2) is 0 Å². The van der Waals surface area contributed by atoms with Gasteiger partial charge in [0, 0.05) is 42.3 Å². The molecule has 0 spiro atoms. The minimum Gasteiger partial charge on any atom is -0.486 e. The monoisotopic (exact) mass is 676 g/mol. The Labute approximate surface area is 232 Å². The molecule has 7 aromatic rings. The smallest absolute Gasteiger partial charge is 0.216 e. The van der Waals surface area contributed by atoms with E-state index in [-0.39, 0.29) is 20.1 Å². The van der Waals surface area contributed by atoms with E-state index in [0.29, 0.717) is 5.71 Å². The van der Waals surface area contributed by atoms with E-state index in [1.54, 1.807) is 17.5 Å². The largest absolute Gasteiger partial charge is 0.486 e. The summed E-state index contributed by atoms with van der Waals surface area (Å²) >= 11 is 1.76. The maximum absolute atomic E-state index is 6.06. The molecule has 0 aliphatic rings. The van der Waals surface area contributed by atoms with Gasteiger partial charge < -0.3 is 9.40 Å². The second-order valence-electron chi connectivity index (χ2n) is 8.43. The number of benzene rings is 2.